The van der Waals surface area contributed by atoms with Gasteiger partial charge in [-0.25, -0.2) is 24.4 Å². The number of rotatable bonds is 1. The number of H-pyrrole nitrogens is 2. The van der Waals surface area contributed by atoms with Crippen molar-refractivity contribution in [2.24, 2.45) is 0 Å². The van der Waals surface area contributed by atoms with Crippen molar-refractivity contribution in [3.63, 3.8) is 0 Å². The summed E-state index contributed by atoms with van der Waals surface area (Å²) in [7, 11) is 0. The Labute approximate surface area is 84.3 Å². The van der Waals surface area contributed by atoms with Gasteiger partial charge in [0.15, 0.2) is 0 Å². The van der Waals surface area contributed by atoms with Crippen molar-refractivity contribution in [1.82, 2.24) is 14.8 Å². The van der Waals surface area contributed by atoms with Gasteiger partial charge in [-0.3, -0.25) is 0 Å². The molecule has 0 bridgehead atoms. The van der Waals surface area contributed by atoms with Crippen LogP contribution in [-0.4, -0.2) is 14.8 Å². The van der Waals surface area contributed by atoms with Gasteiger partial charge in [0.1, 0.15) is 0 Å². The van der Waals surface area contributed by atoms with E-state index in [4.69, 9.17) is 5.73 Å². The molecule has 0 saturated heterocycles. The SMILES string of the molecule is Cc1cc(N)ccc1-n1c(=O)[nH][nH]c1=O. The van der Waals surface area contributed by atoms with Gasteiger partial charge in [0.2, 0.25) is 0 Å². The van der Waals surface area contributed by atoms with Gasteiger partial charge in [-0.05, 0) is 30.7 Å². The summed E-state index contributed by atoms with van der Waals surface area (Å²) in [4.78, 5) is 22.6. The lowest BCUT2D eigenvalue weighted by Gasteiger charge is -2.04. The minimum absolute atomic E-state index is 0.493. The molecule has 2 rings (SSSR count). The Morgan fingerprint density at radius 1 is 1.20 bits per heavy atom. The summed E-state index contributed by atoms with van der Waals surface area (Å²) in [6.07, 6.45) is 0. The first kappa shape index (κ1) is 9.32. The number of nitrogens with two attached hydrogens (primary N) is 1. The summed E-state index contributed by atoms with van der Waals surface area (Å²) >= 11 is 0. The van der Waals surface area contributed by atoms with E-state index in [-0.39, 0.29) is 0 Å². The molecule has 0 fully saturated rings. The molecule has 6 nitrogen and oxygen atoms in total. The molecule has 0 aliphatic carbocycles. The van der Waals surface area contributed by atoms with E-state index in [9.17, 15) is 9.59 Å². The van der Waals surface area contributed by atoms with E-state index in [0.29, 0.717) is 11.4 Å². The molecule has 0 aliphatic heterocycles. The smallest absolute Gasteiger partial charge is 0.348 e. The highest BCUT2D eigenvalue weighted by Gasteiger charge is 2.08. The van der Waals surface area contributed by atoms with Gasteiger partial charge in [-0.2, -0.15) is 0 Å². The van der Waals surface area contributed by atoms with Crippen molar-refractivity contribution in [3.05, 3.63) is 44.7 Å². The fourth-order valence-electron chi connectivity index (χ4n) is 1.46. The van der Waals surface area contributed by atoms with E-state index in [2.05, 4.69) is 10.2 Å². The largest absolute Gasteiger partial charge is 0.399 e. The van der Waals surface area contributed by atoms with Crippen LogP contribution in [0.2, 0.25) is 0 Å². The van der Waals surface area contributed by atoms with E-state index in [1.807, 2.05) is 0 Å². The van der Waals surface area contributed by atoms with Crippen molar-refractivity contribution in [3.8, 4) is 5.69 Å². The molecule has 1 heterocycles. The molecule has 1 aromatic heterocycles. The average molecular weight is 206 g/mol. The number of hydrogen-bond donors (Lipinski definition) is 3. The summed E-state index contributed by atoms with van der Waals surface area (Å²) in [6, 6.07) is 4.98. The van der Waals surface area contributed by atoms with Crippen LogP contribution in [0.25, 0.3) is 5.69 Å². The van der Waals surface area contributed by atoms with Gasteiger partial charge >= 0.3 is 11.4 Å². The molecular weight excluding hydrogens is 196 g/mol. The van der Waals surface area contributed by atoms with Crippen LogP contribution in [0.5, 0.6) is 0 Å². The molecule has 0 amide bonds. The first-order valence-corrected chi connectivity index (χ1v) is 4.36. The molecule has 2 aromatic rings. The van der Waals surface area contributed by atoms with E-state index in [1.165, 1.54) is 0 Å². The number of hydrogen-bond acceptors (Lipinski definition) is 3. The zero-order chi connectivity index (χ0) is 11.0. The minimum Gasteiger partial charge on any atom is -0.399 e. The van der Waals surface area contributed by atoms with Crippen LogP contribution < -0.4 is 17.1 Å². The molecule has 0 saturated carbocycles. The van der Waals surface area contributed by atoms with Gasteiger partial charge in [0, 0.05) is 5.69 Å². The quantitative estimate of drug-likeness (QED) is 0.561. The minimum atomic E-state index is -0.493. The maximum atomic E-state index is 11.3. The van der Waals surface area contributed by atoms with Crippen LogP contribution >= 0.6 is 0 Å². The van der Waals surface area contributed by atoms with Crippen LogP contribution in [-0.2, 0) is 0 Å². The van der Waals surface area contributed by atoms with Crippen molar-refractivity contribution >= 4 is 5.69 Å². The van der Waals surface area contributed by atoms with Crippen molar-refractivity contribution in [2.45, 2.75) is 6.92 Å². The lowest BCUT2D eigenvalue weighted by Crippen LogP contribution is -2.25. The maximum Gasteiger partial charge on any atom is 0.348 e. The highest BCUT2D eigenvalue weighted by atomic mass is 16.2. The molecule has 6 heteroatoms. The van der Waals surface area contributed by atoms with Crippen molar-refractivity contribution in [2.75, 3.05) is 5.73 Å². The standard InChI is InChI=1S/C9H10N4O2/c1-5-4-6(10)2-3-7(5)13-8(14)11-12-9(13)15/h2-4H,10H2,1H3,(H,11,14)(H,12,15). The number of aromatic amines is 2. The zero-order valence-corrected chi connectivity index (χ0v) is 8.07. The third kappa shape index (κ3) is 1.45. The molecule has 15 heavy (non-hydrogen) atoms. The van der Waals surface area contributed by atoms with Crippen LogP contribution in [0.4, 0.5) is 5.69 Å². The Morgan fingerprint density at radius 2 is 1.80 bits per heavy atom. The second-order valence-electron chi connectivity index (χ2n) is 3.24. The highest BCUT2D eigenvalue weighted by Crippen LogP contribution is 2.13. The lowest BCUT2D eigenvalue weighted by atomic mass is 10.2. The zero-order valence-electron chi connectivity index (χ0n) is 8.07. The summed E-state index contributed by atoms with van der Waals surface area (Å²) in [6.45, 7) is 1.78. The normalized spacial score (nSPS) is 10.5. The number of nitrogen functional groups attached to an aromatic ring is 1. The Morgan fingerprint density at radius 3 is 2.33 bits per heavy atom. The van der Waals surface area contributed by atoms with E-state index in [1.54, 1.807) is 25.1 Å². The summed E-state index contributed by atoms with van der Waals surface area (Å²) in [5.41, 5.74) is 6.47. The third-order valence-electron chi connectivity index (χ3n) is 2.14. The van der Waals surface area contributed by atoms with Crippen LogP contribution in [0, 0.1) is 6.92 Å². The molecule has 0 atom stereocenters. The van der Waals surface area contributed by atoms with Gasteiger partial charge < -0.3 is 5.73 Å². The van der Waals surface area contributed by atoms with Crippen molar-refractivity contribution < 1.29 is 0 Å². The number of aromatic nitrogens is 3. The maximum absolute atomic E-state index is 11.3. The number of nitrogens with zero attached hydrogens (tertiary/aromatic N) is 1. The Balaban J connectivity index is 2.75. The van der Waals surface area contributed by atoms with Gasteiger partial charge in [-0.15, -0.1) is 0 Å². The molecule has 0 spiro atoms. The number of nitrogens with one attached hydrogen (secondary N) is 2. The van der Waals surface area contributed by atoms with Crippen LogP contribution in [0.1, 0.15) is 5.56 Å². The Kier molecular flexibility index (Phi) is 1.96. The summed E-state index contributed by atoms with van der Waals surface area (Å²) in [5, 5.41) is 4.43. The van der Waals surface area contributed by atoms with Gasteiger partial charge in [0.25, 0.3) is 0 Å². The second kappa shape index (κ2) is 3.16. The average Bonchev–Trinajstić information content (AvgIpc) is 2.48. The highest BCUT2D eigenvalue weighted by molar-refractivity contribution is 5.50. The van der Waals surface area contributed by atoms with Gasteiger partial charge in [-0.1, -0.05) is 0 Å². The first-order chi connectivity index (χ1) is 7.09. The van der Waals surface area contributed by atoms with E-state index < -0.39 is 11.4 Å². The first-order valence-electron chi connectivity index (χ1n) is 4.36. The molecule has 0 unspecified atom stereocenters. The molecule has 78 valence electrons. The van der Waals surface area contributed by atoms with Crippen LogP contribution in [0.15, 0.2) is 27.8 Å². The summed E-state index contributed by atoms with van der Waals surface area (Å²) in [5.74, 6) is 0. The van der Waals surface area contributed by atoms with Crippen LogP contribution in [0.3, 0.4) is 0 Å². The number of aryl methyl sites for hydroxylation is 1. The van der Waals surface area contributed by atoms with E-state index in [0.717, 1.165) is 10.1 Å². The topological polar surface area (TPSA) is 96.7 Å². The van der Waals surface area contributed by atoms with Gasteiger partial charge in [0.05, 0.1) is 5.69 Å². The molecule has 1 aromatic carbocycles. The molecule has 0 aliphatic rings. The predicted octanol–water partition coefficient (Wildman–Crippen LogP) is -0.255. The monoisotopic (exact) mass is 206 g/mol. The second-order valence-corrected chi connectivity index (χ2v) is 3.24. The third-order valence-corrected chi connectivity index (χ3v) is 2.14. The summed E-state index contributed by atoms with van der Waals surface area (Å²) < 4.78 is 1.02. The van der Waals surface area contributed by atoms with E-state index >= 15 is 0 Å². The Bertz CT molecular complexity index is 578. The molecular formula is C9H10N4O2. The molecule has 4 N–H and O–H groups in total. The fourth-order valence-corrected chi connectivity index (χ4v) is 1.46. The predicted molar refractivity (Wildman–Crippen MR) is 56.2 cm³/mol. The fraction of sp³-hybridized carbons (Fsp3) is 0.111. The Hall–Kier alpha value is -2.24. The van der Waals surface area contributed by atoms with Crippen molar-refractivity contribution in [1.29, 1.82) is 0 Å². The lowest BCUT2D eigenvalue weighted by molar-refractivity contribution is 0.941. The number of anilines is 1. The number of benzene rings is 1. The molecule has 0 radical (unpaired) electrons.